The number of rotatable bonds is 9. The summed E-state index contributed by atoms with van der Waals surface area (Å²) in [5.41, 5.74) is 1.78. The Labute approximate surface area is 166 Å². The second-order valence-electron chi connectivity index (χ2n) is 7.03. The number of hydrogen-bond acceptors (Lipinski definition) is 2. The standard InChI is InChI=1S/C23H29FN2O2/c1-4-17(3)25-23(28)21(15-18-9-7-6-8-10-18)26(22(27)5-2)16-19-11-13-20(24)14-12-19/h6-14,17,21H,4-5,15-16H2,1-3H3,(H,25,28)/t17-,21-/m0/s1. The Kier molecular flexibility index (Phi) is 8.18. The van der Waals surface area contributed by atoms with Gasteiger partial charge in [0.1, 0.15) is 11.9 Å². The maximum absolute atomic E-state index is 13.3. The zero-order chi connectivity index (χ0) is 20.5. The van der Waals surface area contributed by atoms with Gasteiger partial charge in [-0.1, -0.05) is 56.3 Å². The summed E-state index contributed by atoms with van der Waals surface area (Å²) in [5.74, 6) is -0.598. The summed E-state index contributed by atoms with van der Waals surface area (Å²) in [5, 5.41) is 3.01. The molecule has 28 heavy (non-hydrogen) atoms. The van der Waals surface area contributed by atoms with Gasteiger partial charge in [0.05, 0.1) is 0 Å². The highest BCUT2D eigenvalue weighted by molar-refractivity contribution is 5.88. The molecule has 0 spiro atoms. The number of halogens is 1. The number of carbonyl (C=O) groups excluding carboxylic acids is 2. The van der Waals surface area contributed by atoms with Gasteiger partial charge in [0.25, 0.3) is 0 Å². The quantitative estimate of drug-likeness (QED) is 0.708. The maximum atomic E-state index is 13.3. The zero-order valence-corrected chi connectivity index (χ0v) is 16.8. The Morgan fingerprint density at radius 2 is 1.64 bits per heavy atom. The fourth-order valence-electron chi connectivity index (χ4n) is 2.98. The van der Waals surface area contributed by atoms with E-state index in [9.17, 15) is 14.0 Å². The fourth-order valence-corrected chi connectivity index (χ4v) is 2.98. The van der Waals surface area contributed by atoms with E-state index in [1.54, 1.807) is 24.0 Å². The number of carbonyl (C=O) groups is 2. The Balaban J connectivity index is 2.33. The molecule has 4 nitrogen and oxygen atoms in total. The maximum Gasteiger partial charge on any atom is 0.243 e. The van der Waals surface area contributed by atoms with Crippen molar-refractivity contribution < 1.29 is 14.0 Å². The van der Waals surface area contributed by atoms with Crippen LogP contribution in [0.15, 0.2) is 54.6 Å². The molecule has 0 aromatic heterocycles. The van der Waals surface area contributed by atoms with Gasteiger partial charge in [-0.3, -0.25) is 9.59 Å². The normalized spacial score (nSPS) is 12.9. The van der Waals surface area contributed by atoms with Crippen molar-refractivity contribution in [2.45, 2.75) is 58.7 Å². The summed E-state index contributed by atoms with van der Waals surface area (Å²) < 4.78 is 13.3. The lowest BCUT2D eigenvalue weighted by molar-refractivity contribution is -0.141. The van der Waals surface area contributed by atoms with Crippen LogP contribution in [-0.2, 0) is 22.6 Å². The molecule has 0 fully saturated rings. The summed E-state index contributed by atoms with van der Waals surface area (Å²) in [6.45, 7) is 6.00. The molecule has 0 radical (unpaired) electrons. The Morgan fingerprint density at radius 1 is 1.00 bits per heavy atom. The molecule has 1 N–H and O–H groups in total. The smallest absolute Gasteiger partial charge is 0.243 e. The first-order chi connectivity index (χ1) is 13.4. The minimum absolute atomic E-state index is 0.0233. The highest BCUT2D eigenvalue weighted by Crippen LogP contribution is 2.16. The summed E-state index contributed by atoms with van der Waals surface area (Å²) in [4.78, 5) is 27.4. The highest BCUT2D eigenvalue weighted by Gasteiger charge is 2.30. The Bertz CT molecular complexity index is 762. The lowest BCUT2D eigenvalue weighted by Gasteiger charge is -2.32. The molecular weight excluding hydrogens is 355 g/mol. The van der Waals surface area contributed by atoms with Crippen LogP contribution in [0.4, 0.5) is 4.39 Å². The van der Waals surface area contributed by atoms with Crippen LogP contribution in [0.2, 0.25) is 0 Å². The van der Waals surface area contributed by atoms with Gasteiger partial charge in [0.15, 0.2) is 0 Å². The molecule has 5 heteroatoms. The van der Waals surface area contributed by atoms with Crippen LogP contribution >= 0.6 is 0 Å². The van der Waals surface area contributed by atoms with Gasteiger partial charge in [-0.25, -0.2) is 4.39 Å². The van der Waals surface area contributed by atoms with Crippen LogP contribution in [0.3, 0.4) is 0 Å². The average Bonchev–Trinajstić information content (AvgIpc) is 2.71. The lowest BCUT2D eigenvalue weighted by atomic mass is 10.0. The van der Waals surface area contributed by atoms with Gasteiger partial charge in [-0.05, 0) is 36.6 Å². The Hall–Kier alpha value is -2.69. The molecule has 2 amide bonds. The summed E-state index contributed by atoms with van der Waals surface area (Å²) >= 11 is 0. The van der Waals surface area contributed by atoms with E-state index in [0.717, 1.165) is 17.5 Å². The second-order valence-corrected chi connectivity index (χ2v) is 7.03. The van der Waals surface area contributed by atoms with Crippen LogP contribution in [-0.4, -0.2) is 28.8 Å². The molecule has 2 aromatic carbocycles. The van der Waals surface area contributed by atoms with E-state index < -0.39 is 6.04 Å². The number of nitrogens with zero attached hydrogens (tertiary/aromatic N) is 1. The SMILES string of the molecule is CCC(=O)N(Cc1ccc(F)cc1)[C@@H](Cc1ccccc1)C(=O)N[C@@H](C)CC. The third-order valence-corrected chi connectivity index (χ3v) is 4.84. The predicted octanol–water partition coefficient (Wildman–Crippen LogP) is 4.09. The molecule has 0 aliphatic heterocycles. The average molecular weight is 384 g/mol. The van der Waals surface area contributed by atoms with E-state index in [0.29, 0.717) is 12.8 Å². The van der Waals surface area contributed by atoms with Crippen LogP contribution < -0.4 is 5.32 Å². The summed E-state index contributed by atoms with van der Waals surface area (Å²) in [7, 11) is 0. The van der Waals surface area contributed by atoms with Crippen molar-refractivity contribution in [1.29, 1.82) is 0 Å². The van der Waals surface area contributed by atoms with E-state index in [1.807, 2.05) is 44.2 Å². The molecule has 0 aliphatic carbocycles. The van der Waals surface area contributed by atoms with Crippen molar-refractivity contribution in [3.8, 4) is 0 Å². The van der Waals surface area contributed by atoms with Crippen molar-refractivity contribution in [3.05, 3.63) is 71.5 Å². The fraction of sp³-hybridized carbons (Fsp3) is 0.391. The van der Waals surface area contributed by atoms with Crippen LogP contribution in [0.1, 0.15) is 44.7 Å². The molecular formula is C23H29FN2O2. The number of benzene rings is 2. The topological polar surface area (TPSA) is 49.4 Å². The second kappa shape index (κ2) is 10.6. The molecule has 2 rings (SSSR count). The van der Waals surface area contributed by atoms with Gasteiger partial charge in [0, 0.05) is 25.4 Å². The molecule has 0 saturated carbocycles. The lowest BCUT2D eigenvalue weighted by Crippen LogP contribution is -2.52. The monoisotopic (exact) mass is 384 g/mol. The zero-order valence-electron chi connectivity index (χ0n) is 16.8. The molecule has 150 valence electrons. The molecule has 0 saturated heterocycles. The van der Waals surface area contributed by atoms with Crippen molar-refractivity contribution >= 4 is 11.8 Å². The van der Waals surface area contributed by atoms with Gasteiger partial charge in [-0.15, -0.1) is 0 Å². The first-order valence-corrected chi connectivity index (χ1v) is 9.82. The van der Waals surface area contributed by atoms with Crippen molar-refractivity contribution in [3.63, 3.8) is 0 Å². The van der Waals surface area contributed by atoms with Gasteiger partial charge >= 0.3 is 0 Å². The summed E-state index contributed by atoms with van der Waals surface area (Å²) in [6, 6.07) is 15.1. The molecule has 2 atom stereocenters. The molecule has 0 aliphatic rings. The van der Waals surface area contributed by atoms with Gasteiger partial charge in [-0.2, -0.15) is 0 Å². The number of amides is 2. The first-order valence-electron chi connectivity index (χ1n) is 9.82. The van der Waals surface area contributed by atoms with E-state index in [2.05, 4.69) is 5.32 Å². The predicted molar refractivity (Wildman–Crippen MR) is 109 cm³/mol. The molecule has 0 heterocycles. The van der Waals surface area contributed by atoms with Gasteiger partial charge in [0.2, 0.25) is 11.8 Å². The van der Waals surface area contributed by atoms with E-state index in [4.69, 9.17) is 0 Å². The molecule has 0 bridgehead atoms. The van der Waals surface area contributed by atoms with Crippen LogP contribution in [0, 0.1) is 5.82 Å². The van der Waals surface area contributed by atoms with Crippen molar-refractivity contribution in [2.24, 2.45) is 0 Å². The number of hydrogen-bond donors (Lipinski definition) is 1. The highest BCUT2D eigenvalue weighted by atomic mass is 19.1. The third kappa shape index (κ3) is 6.19. The summed E-state index contributed by atoms with van der Waals surface area (Å²) in [6.07, 6.45) is 1.53. The Morgan fingerprint density at radius 3 is 2.21 bits per heavy atom. The van der Waals surface area contributed by atoms with Crippen molar-refractivity contribution in [2.75, 3.05) is 0 Å². The first kappa shape index (κ1) is 21.6. The number of nitrogens with one attached hydrogen (secondary N) is 1. The van der Waals surface area contributed by atoms with Crippen LogP contribution in [0.5, 0.6) is 0 Å². The molecule has 0 unspecified atom stereocenters. The van der Waals surface area contributed by atoms with Crippen molar-refractivity contribution in [1.82, 2.24) is 10.2 Å². The molecule has 2 aromatic rings. The minimum Gasteiger partial charge on any atom is -0.352 e. The van der Waals surface area contributed by atoms with Crippen LogP contribution in [0.25, 0.3) is 0 Å². The van der Waals surface area contributed by atoms with E-state index in [1.165, 1.54) is 12.1 Å². The largest absolute Gasteiger partial charge is 0.352 e. The minimum atomic E-state index is -0.631. The van der Waals surface area contributed by atoms with E-state index >= 15 is 0 Å². The van der Waals surface area contributed by atoms with E-state index in [-0.39, 0.29) is 30.2 Å². The third-order valence-electron chi connectivity index (χ3n) is 4.84. The van der Waals surface area contributed by atoms with Gasteiger partial charge < -0.3 is 10.2 Å².